The van der Waals surface area contributed by atoms with Gasteiger partial charge in [0.05, 0.1) is 25.2 Å². The number of rotatable bonds is 49. The molecule has 0 rings (SSSR count). The molecule has 0 aromatic heterocycles. The van der Waals surface area contributed by atoms with Gasteiger partial charge < -0.3 is 20.3 Å². The molecule has 1 amide bonds. The molecule has 0 aliphatic rings. The van der Waals surface area contributed by atoms with Crippen molar-refractivity contribution in [3.05, 3.63) is 36.5 Å². The van der Waals surface area contributed by atoms with Gasteiger partial charge in [-0.05, 0) is 77.0 Å². The molecule has 0 saturated carbocycles. The van der Waals surface area contributed by atoms with Crippen LogP contribution in [0.3, 0.4) is 0 Å². The Bertz CT molecular complexity index is 1020. The van der Waals surface area contributed by atoms with Gasteiger partial charge in [-0.25, -0.2) is 0 Å². The monoisotopic (exact) mass is 872 g/mol. The summed E-state index contributed by atoms with van der Waals surface area (Å²) in [5.41, 5.74) is 0. The second-order valence-electron chi connectivity index (χ2n) is 18.7. The molecular formula is C56H105NO5. The molecule has 0 aromatic rings. The van der Waals surface area contributed by atoms with Crippen molar-refractivity contribution < 1.29 is 24.5 Å². The average Bonchev–Trinajstić information content (AvgIpc) is 3.26. The number of hydrogen-bond acceptors (Lipinski definition) is 5. The van der Waals surface area contributed by atoms with Gasteiger partial charge >= 0.3 is 5.97 Å². The van der Waals surface area contributed by atoms with Crippen LogP contribution in [-0.4, -0.2) is 46.9 Å². The Hall–Kier alpha value is -1.92. The fraction of sp³-hybridized carbons (Fsp3) is 0.857. The Balaban J connectivity index is 4.62. The first kappa shape index (κ1) is 60.1. The average molecular weight is 872 g/mol. The van der Waals surface area contributed by atoms with Crippen LogP contribution in [0.25, 0.3) is 0 Å². The maximum atomic E-state index is 13.2. The third-order valence-corrected chi connectivity index (χ3v) is 12.5. The van der Waals surface area contributed by atoms with Crippen molar-refractivity contribution in [3.63, 3.8) is 0 Å². The van der Waals surface area contributed by atoms with Crippen molar-refractivity contribution in [2.45, 2.75) is 302 Å². The van der Waals surface area contributed by atoms with Gasteiger partial charge in [-0.3, -0.25) is 9.59 Å². The molecule has 3 N–H and O–H groups in total. The van der Waals surface area contributed by atoms with E-state index in [9.17, 15) is 19.8 Å². The lowest BCUT2D eigenvalue weighted by atomic mass is 10.0. The quantitative estimate of drug-likeness (QED) is 0.0245. The first-order chi connectivity index (χ1) is 30.5. The summed E-state index contributed by atoms with van der Waals surface area (Å²) in [6.07, 6.45) is 59.2. The van der Waals surface area contributed by atoms with E-state index in [1.54, 1.807) is 0 Å². The van der Waals surface area contributed by atoms with E-state index in [-0.39, 0.29) is 24.9 Å². The fourth-order valence-corrected chi connectivity index (χ4v) is 8.30. The van der Waals surface area contributed by atoms with Crippen LogP contribution in [0.15, 0.2) is 36.5 Å². The lowest BCUT2D eigenvalue weighted by molar-refractivity contribution is -0.151. The Labute approximate surface area is 385 Å². The van der Waals surface area contributed by atoms with Crippen molar-refractivity contribution in [3.8, 4) is 0 Å². The molecule has 0 fully saturated rings. The largest absolute Gasteiger partial charge is 0.462 e. The molecule has 0 heterocycles. The Morgan fingerprint density at radius 1 is 0.468 bits per heavy atom. The third kappa shape index (κ3) is 44.7. The molecule has 0 saturated heterocycles. The van der Waals surface area contributed by atoms with Gasteiger partial charge in [-0.15, -0.1) is 0 Å². The summed E-state index contributed by atoms with van der Waals surface area (Å²) in [5.74, 6) is -0.500. The van der Waals surface area contributed by atoms with Crippen LogP contribution in [0.2, 0.25) is 0 Å². The molecule has 62 heavy (non-hydrogen) atoms. The van der Waals surface area contributed by atoms with Gasteiger partial charge in [0.15, 0.2) is 0 Å². The summed E-state index contributed by atoms with van der Waals surface area (Å²) in [5, 5.41) is 23.8. The van der Waals surface area contributed by atoms with Gasteiger partial charge in [0.25, 0.3) is 0 Å². The number of carbonyl (C=O) groups is 2. The maximum Gasteiger partial charge on any atom is 0.306 e. The van der Waals surface area contributed by atoms with E-state index >= 15 is 0 Å². The predicted molar refractivity (Wildman–Crippen MR) is 269 cm³/mol. The fourth-order valence-electron chi connectivity index (χ4n) is 8.30. The van der Waals surface area contributed by atoms with E-state index in [4.69, 9.17) is 4.74 Å². The SMILES string of the molecule is CCCCCCCCC/C=C/C=C/CCCCCC(CC(=O)NC(CO)C(O)CCCCCCCCCCCCC)OC(=O)CCCCCCC/C=C/CCCCCCCCC. The Kier molecular flexibility index (Phi) is 48.5. The van der Waals surface area contributed by atoms with Gasteiger partial charge in [0.2, 0.25) is 5.91 Å². The Morgan fingerprint density at radius 3 is 1.26 bits per heavy atom. The maximum absolute atomic E-state index is 13.2. The first-order valence-corrected chi connectivity index (χ1v) is 27.2. The highest BCUT2D eigenvalue weighted by Gasteiger charge is 2.24. The Morgan fingerprint density at radius 2 is 0.823 bits per heavy atom. The third-order valence-electron chi connectivity index (χ3n) is 12.5. The van der Waals surface area contributed by atoms with Crippen LogP contribution in [-0.2, 0) is 14.3 Å². The lowest BCUT2D eigenvalue weighted by Crippen LogP contribution is -2.46. The predicted octanol–water partition coefficient (Wildman–Crippen LogP) is 16.5. The van der Waals surface area contributed by atoms with Crippen LogP contribution < -0.4 is 5.32 Å². The van der Waals surface area contributed by atoms with Crippen molar-refractivity contribution in [2.75, 3.05) is 6.61 Å². The summed E-state index contributed by atoms with van der Waals surface area (Å²) in [4.78, 5) is 26.2. The van der Waals surface area contributed by atoms with Crippen LogP contribution >= 0.6 is 0 Å². The van der Waals surface area contributed by atoms with Crippen molar-refractivity contribution in [1.29, 1.82) is 0 Å². The number of ether oxygens (including phenoxy) is 1. The molecule has 0 spiro atoms. The number of amides is 1. The lowest BCUT2D eigenvalue weighted by Gasteiger charge is -2.24. The molecule has 364 valence electrons. The van der Waals surface area contributed by atoms with Crippen LogP contribution in [0.5, 0.6) is 0 Å². The number of esters is 1. The molecule has 0 bridgehead atoms. The second-order valence-corrected chi connectivity index (χ2v) is 18.7. The van der Waals surface area contributed by atoms with Crippen molar-refractivity contribution in [1.82, 2.24) is 5.32 Å². The zero-order valence-corrected chi connectivity index (χ0v) is 41.5. The van der Waals surface area contributed by atoms with Gasteiger partial charge in [-0.1, -0.05) is 231 Å². The first-order valence-electron chi connectivity index (χ1n) is 27.2. The zero-order valence-electron chi connectivity index (χ0n) is 41.5. The smallest absolute Gasteiger partial charge is 0.306 e. The van der Waals surface area contributed by atoms with E-state index in [1.165, 1.54) is 161 Å². The summed E-state index contributed by atoms with van der Waals surface area (Å²) in [7, 11) is 0. The van der Waals surface area contributed by atoms with E-state index < -0.39 is 18.2 Å². The topological polar surface area (TPSA) is 95.9 Å². The highest BCUT2D eigenvalue weighted by atomic mass is 16.5. The van der Waals surface area contributed by atoms with E-state index in [2.05, 4.69) is 62.5 Å². The summed E-state index contributed by atoms with van der Waals surface area (Å²) in [6, 6.07) is -0.709. The number of aliphatic hydroxyl groups is 2. The van der Waals surface area contributed by atoms with E-state index in [1.807, 2.05) is 0 Å². The van der Waals surface area contributed by atoms with E-state index in [0.717, 1.165) is 77.0 Å². The molecule has 0 aliphatic heterocycles. The molecule has 6 heteroatoms. The molecule has 6 nitrogen and oxygen atoms in total. The molecule has 0 aromatic carbocycles. The van der Waals surface area contributed by atoms with Crippen molar-refractivity contribution in [2.24, 2.45) is 0 Å². The summed E-state index contributed by atoms with van der Waals surface area (Å²) < 4.78 is 5.93. The van der Waals surface area contributed by atoms with Crippen LogP contribution in [0.4, 0.5) is 0 Å². The minimum absolute atomic E-state index is 0.0588. The van der Waals surface area contributed by atoms with Crippen molar-refractivity contribution >= 4 is 11.9 Å². The molecule has 0 aliphatic carbocycles. The number of carbonyl (C=O) groups excluding carboxylic acids is 2. The summed E-state index contributed by atoms with van der Waals surface area (Å²) in [6.45, 7) is 6.48. The molecule has 0 radical (unpaired) electrons. The number of unbranched alkanes of at least 4 members (excludes halogenated alkanes) is 32. The standard InChI is InChI=1S/C56H105NO5/c1-4-7-10-13-16-19-22-24-26-28-30-33-35-38-41-44-47-52(62-56(61)49-46-43-40-37-34-31-29-27-25-23-20-17-14-11-8-5-2)50-55(60)57-53(51-58)54(59)48-45-42-39-36-32-21-18-15-12-9-6-3/h26-30,33,52-54,58-59H,4-25,31-32,34-51H2,1-3H3,(H,57,60)/b28-26+,29-27+,33-30+. The van der Waals surface area contributed by atoms with Crippen LogP contribution in [0.1, 0.15) is 284 Å². The van der Waals surface area contributed by atoms with Gasteiger partial charge in [0, 0.05) is 6.42 Å². The molecule has 3 atom stereocenters. The second kappa shape index (κ2) is 50.1. The van der Waals surface area contributed by atoms with Gasteiger partial charge in [-0.2, -0.15) is 0 Å². The number of allylic oxidation sites excluding steroid dienone is 6. The van der Waals surface area contributed by atoms with Gasteiger partial charge in [0.1, 0.15) is 6.10 Å². The normalized spacial score (nSPS) is 13.4. The molecular weight excluding hydrogens is 767 g/mol. The number of nitrogens with one attached hydrogen (secondary N) is 1. The highest BCUT2D eigenvalue weighted by Crippen LogP contribution is 2.17. The number of hydrogen-bond donors (Lipinski definition) is 3. The summed E-state index contributed by atoms with van der Waals surface area (Å²) >= 11 is 0. The molecule has 3 unspecified atom stereocenters. The minimum Gasteiger partial charge on any atom is -0.462 e. The zero-order chi connectivity index (χ0) is 45.2. The van der Waals surface area contributed by atoms with E-state index in [0.29, 0.717) is 19.3 Å². The highest BCUT2D eigenvalue weighted by molar-refractivity contribution is 5.77. The number of aliphatic hydroxyl groups excluding tert-OH is 2. The van der Waals surface area contributed by atoms with Crippen LogP contribution in [0, 0.1) is 0 Å². The minimum atomic E-state index is -0.794.